The molecule has 1 aromatic carbocycles. The van der Waals surface area contributed by atoms with Crippen molar-refractivity contribution < 1.29 is 9.53 Å². The van der Waals surface area contributed by atoms with E-state index in [2.05, 4.69) is 15.4 Å². The Morgan fingerprint density at radius 3 is 2.76 bits per heavy atom. The fraction of sp³-hybridized carbons (Fsp3) is 0.167. The summed E-state index contributed by atoms with van der Waals surface area (Å²) in [5.74, 6) is 0.122. The van der Waals surface area contributed by atoms with Gasteiger partial charge in [-0.3, -0.25) is 4.79 Å². The number of carbonyl (C=O) groups is 1. The summed E-state index contributed by atoms with van der Waals surface area (Å²) in [6.07, 6.45) is 1.55. The summed E-state index contributed by atoms with van der Waals surface area (Å²) in [7, 11) is 0. The van der Waals surface area contributed by atoms with E-state index in [0.717, 1.165) is 11.1 Å². The van der Waals surface area contributed by atoms with Crippen LogP contribution in [0.15, 0.2) is 30.5 Å². The predicted molar refractivity (Wildman–Crippen MR) is 61.3 cm³/mol. The van der Waals surface area contributed by atoms with Gasteiger partial charge in [-0.25, -0.2) is 0 Å². The van der Waals surface area contributed by atoms with Crippen molar-refractivity contribution in [3.8, 4) is 17.0 Å². The minimum absolute atomic E-state index is 0.362. The highest BCUT2D eigenvalue weighted by Gasteiger charge is 2.12. The van der Waals surface area contributed by atoms with E-state index in [1.165, 1.54) is 6.92 Å². The standard InChI is InChI=1S/C12H11N3O2/c1-8-4-3-5-11(17-9(2)16)12(8)10-6-7-13-15-14-10/h3-7H,1-2H3. The zero-order valence-corrected chi connectivity index (χ0v) is 9.54. The molecule has 0 spiro atoms. The molecule has 0 radical (unpaired) electrons. The molecule has 0 atom stereocenters. The molecule has 17 heavy (non-hydrogen) atoms. The Balaban J connectivity index is 2.55. The van der Waals surface area contributed by atoms with Crippen molar-refractivity contribution in [1.29, 1.82) is 0 Å². The molecule has 0 aliphatic heterocycles. The Kier molecular flexibility index (Phi) is 3.09. The van der Waals surface area contributed by atoms with Crippen molar-refractivity contribution in [1.82, 2.24) is 15.4 Å². The summed E-state index contributed by atoms with van der Waals surface area (Å²) in [5, 5.41) is 11.1. The molecule has 0 N–H and O–H groups in total. The van der Waals surface area contributed by atoms with E-state index in [0.29, 0.717) is 11.4 Å². The Hall–Kier alpha value is -2.30. The summed E-state index contributed by atoms with van der Waals surface area (Å²) in [4.78, 5) is 11.0. The van der Waals surface area contributed by atoms with Gasteiger partial charge < -0.3 is 4.74 Å². The van der Waals surface area contributed by atoms with Crippen molar-refractivity contribution in [3.05, 3.63) is 36.0 Å². The first-order valence-electron chi connectivity index (χ1n) is 5.11. The van der Waals surface area contributed by atoms with Crippen molar-refractivity contribution in [2.24, 2.45) is 0 Å². The van der Waals surface area contributed by atoms with Crippen molar-refractivity contribution >= 4 is 5.97 Å². The minimum Gasteiger partial charge on any atom is -0.426 e. The number of esters is 1. The van der Waals surface area contributed by atoms with E-state index in [4.69, 9.17) is 4.74 Å². The van der Waals surface area contributed by atoms with Gasteiger partial charge in [-0.2, -0.15) is 0 Å². The van der Waals surface area contributed by atoms with Gasteiger partial charge in [0.2, 0.25) is 0 Å². The van der Waals surface area contributed by atoms with Gasteiger partial charge in [-0.05, 0) is 29.8 Å². The first-order valence-corrected chi connectivity index (χ1v) is 5.11. The van der Waals surface area contributed by atoms with E-state index < -0.39 is 0 Å². The van der Waals surface area contributed by atoms with Gasteiger partial charge in [0.15, 0.2) is 0 Å². The minimum atomic E-state index is -0.362. The number of aromatic nitrogens is 3. The summed E-state index contributed by atoms with van der Waals surface area (Å²) in [6.45, 7) is 3.29. The molecule has 0 saturated heterocycles. The van der Waals surface area contributed by atoms with E-state index in [9.17, 15) is 4.79 Å². The summed E-state index contributed by atoms with van der Waals surface area (Å²) >= 11 is 0. The largest absolute Gasteiger partial charge is 0.426 e. The molecule has 86 valence electrons. The lowest BCUT2D eigenvalue weighted by Crippen LogP contribution is -2.04. The third-order valence-electron chi connectivity index (χ3n) is 2.25. The Labute approximate surface area is 98.5 Å². The number of nitrogens with zero attached hydrogens (tertiary/aromatic N) is 3. The van der Waals surface area contributed by atoms with Gasteiger partial charge in [-0.1, -0.05) is 12.1 Å². The van der Waals surface area contributed by atoms with E-state index >= 15 is 0 Å². The molecular formula is C12H11N3O2. The molecule has 2 rings (SSSR count). The van der Waals surface area contributed by atoms with Gasteiger partial charge in [-0.15, -0.1) is 10.2 Å². The lowest BCUT2D eigenvalue weighted by molar-refractivity contribution is -0.131. The van der Waals surface area contributed by atoms with Gasteiger partial charge >= 0.3 is 5.97 Å². The van der Waals surface area contributed by atoms with Crippen molar-refractivity contribution in [3.63, 3.8) is 0 Å². The van der Waals surface area contributed by atoms with Crippen molar-refractivity contribution in [2.75, 3.05) is 0 Å². The average Bonchev–Trinajstić information content (AvgIpc) is 2.29. The molecule has 0 aliphatic rings. The maximum atomic E-state index is 11.0. The third kappa shape index (κ3) is 2.44. The topological polar surface area (TPSA) is 65.0 Å². The predicted octanol–water partition coefficient (Wildman–Crippen LogP) is 1.77. The molecule has 0 saturated carbocycles. The smallest absolute Gasteiger partial charge is 0.308 e. The molecule has 5 nitrogen and oxygen atoms in total. The molecule has 2 aromatic rings. The number of benzene rings is 1. The summed E-state index contributed by atoms with van der Waals surface area (Å²) in [6, 6.07) is 7.20. The third-order valence-corrected chi connectivity index (χ3v) is 2.25. The van der Waals surface area contributed by atoms with Gasteiger partial charge in [0.1, 0.15) is 11.4 Å². The molecule has 0 aliphatic carbocycles. The van der Waals surface area contributed by atoms with Gasteiger partial charge in [0.25, 0.3) is 0 Å². The van der Waals surface area contributed by atoms with Crippen LogP contribution in [0.25, 0.3) is 11.3 Å². The van der Waals surface area contributed by atoms with Crippen LogP contribution in [-0.4, -0.2) is 21.4 Å². The zero-order chi connectivity index (χ0) is 12.3. The van der Waals surface area contributed by atoms with Crippen LogP contribution in [0.4, 0.5) is 0 Å². The Morgan fingerprint density at radius 2 is 2.12 bits per heavy atom. The molecule has 1 heterocycles. The molecule has 0 bridgehead atoms. The second-order valence-corrected chi connectivity index (χ2v) is 3.55. The Morgan fingerprint density at radius 1 is 1.29 bits per heavy atom. The zero-order valence-electron chi connectivity index (χ0n) is 9.54. The number of hydrogen-bond donors (Lipinski definition) is 0. The van der Waals surface area contributed by atoms with E-state index in [1.807, 2.05) is 19.1 Å². The highest BCUT2D eigenvalue weighted by Crippen LogP contribution is 2.31. The highest BCUT2D eigenvalue weighted by atomic mass is 16.5. The lowest BCUT2D eigenvalue weighted by atomic mass is 10.0. The molecule has 0 fully saturated rings. The second kappa shape index (κ2) is 4.69. The van der Waals surface area contributed by atoms with Crippen LogP contribution in [0.2, 0.25) is 0 Å². The number of ether oxygens (including phenoxy) is 1. The molecule has 5 heteroatoms. The molecule has 0 amide bonds. The van der Waals surface area contributed by atoms with Gasteiger partial charge in [0, 0.05) is 12.5 Å². The first kappa shape index (κ1) is 11.2. The summed E-state index contributed by atoms with van der Waals surface area (Å²) in [5.41, 5.74) is 2.36. The Bertz CT molecular complexity index is 541. The van der Waals surface area contributed by atoms with Crippen LogP contribution in [0.5, 0.6) is 5.75 Å². The van der Waals surface area contributed by atoms with Crippen LogP contribution in [0, 0.1) is 6.92 Å². The van der Waals surface area contributed by atoms with Crippen LogP contribution in [0.3, 0.4) is 0 Å². The number of hydrogen-bond acceptors (Lipinski definition) is 5. The van der Waals surface area contributed by atoms with E-state index in [1.54, 1.807) is 18.3 Å². The quantitative estimate of drug-likeness (QED) is 0.580. The van der Waals surface area contributed by atoms with Crippen LogP contribution >= 0.6 is 0 Å². The van der Waals surface area contributed by atoms with Crippen molar-refractivity contribution in [2.45, 2.75) is 13.8 Å². The average molecular weight is 229 g/mol. The fourth-order valence-corrected chi connectivity index (χ4v) is 1.58. The maximum absolute atomic E-state index is 11.0. The monoisotopic (exact) mass is 229 g/mol. The van der Waals surface area contributed by atoms with Crippen LogP contribution in [-0.2, 0) is 4.79 Å². The summed E-state index contributed by atoms with van der Waals surface area (Å²) < 4.78 is 5.15. The number of aryl methyl sites for hydroxylation is 1. The molecule has 1 aromatic heterocycles. The highest BCUT2D eigenvalue weighted by molar-refractivity contribution is 5.76. The van der Waals surface area contributed by atoms with Crippen LogP contribution in [0.1, 0.15) is 12.5 Å². The normalized spacial score (nSPS) is 10.0. The fourth-order valence-electron chi connectivity index (χ4n) is 1.58. The maximum Gasteiger partial charge on any atom is 0.308 e. The first-order chi connectivity index (χ1) is 8.18. The van der Waals surface area contributed by atoms with Gasteiger partial charge in [0.05, 0.1) is 6.20 Å². The molecular weight excluding hydrogens is 218 g/mol. The second-order valence-electron chi connectivity index (χ2n) is 3.55. The number of carbonyl (C=O) groups excluding carboxylic acids is 1. The molecule has 0 unspecified atom stereocenters. The van der Waals surface area contributed by atoms with E-state index in [-0.39, 0.29) is 5.97 Å². The number of rotatable bonds is 2. The van der Waals surface area contributed by atoms with Crippen LogP contribution < -0.4 is 4.74 Å². The lowest BCUT2D eigenvalue weighted by Gasteiger charge is -2.10. The SMILES string of the molecule is CC(=O)Oc1cccc(C)c1-c1ccnnn1.